The van der Waals surface area contributed by atoms with Crippen molar-refractivity contribution in [1.82, 2.24) is 0 Å². The van der Waals surface area contributed by atoms with Gasteiger partial charge in [0.25, 0.3) is 0 Å². The van der Waals surface area contributed by atoms with Gasteiger partial charge >= 0.3 is 0 Å². The normalized spacial score (nSPS) is 9.15. The van der Waals surface area contributed by atoms with Crippen LogP contribution in [0.1, 0.15) is 5.56 Å². The van der Waals surface area contributed by atoms with Crippen LogP contribution in [0.4, 0.5) is 13.2 Å². The van der Waals surface area contributed by atoms with E-state index in [2.05, 4.69) is 0 Å². The molecule has 0 radical (unpaired) electrons. The topological polar surface area (TPSA) is 49.9 Å². The van der Waals surface area contributed by atoms with Gasteiger partial charge in [0.2, 0.25) is 0 Å². The third-order valence-corrected chi connectivity index (χ3v) is 1.30. The van der Waals surface area contributed by atoms with Crippen LogP contribution in [-0.2, 0) is 0 Å². The van der Waals surface area contributed by atoms with Gasteiger partial charge in [0.05, 0.1) is 5.56 Å². The van der Waals surface area contributed by atoms with E-state index in [9.17, 15) is 13.2 Å². The quantitative estimate of drug-likeness (QED) is 0.415. The summed E-state index contributed by atoms with van der Waals surface area (Å²) in [6.45, 7) is 0. The van der Waals surface area contributed by atoms with E-state index in [-0.39, 0.29) is 12.4 Å². The van der Waals surface area contributed by atoms with Crippen LogP contribution in [0, 0.1) is 22.9 Å². The van der Waals surface area contributed by atoms with Gasteiger partial charge in [-0.3, -0.25) is 5.41 Å². The van der Waals surface area contributed by atoms with Gasteiger partial charge in [-0.1, -0.05) is 0 Å². The van der Waals surface area contributed by atoms with Gasteiger partial charge in [0.1, 0.15) is 11.7 Å². The van der Waals surface area contributed by atoms with Crippen molar-refractivity contribution in [2.45, 2.75) is 0 Å². The molecule has 0 bridgehead atoms. The van der Waals surface area contributed by atoms with Gasteiger partial charge in [0, 0.05) is 6.07 Å². The predicted molar refractivity (Wildman–Crippen MR) is 44.6 cm³/mol. The Bertz CT molecular complexity index is 341. The van der Waals surface area contributed by atoms with Crippen molar-refractivity contribution < 1.29 is 13.2 Å². The third kappa shape index (κ3) is 2.35. The zero-order valence-electron chi connectivity index (χ0n) is 6.27. The second kappa shape index (κ2) is 4.13. The molecule has 13 heavy (non-hydrogen) atoms. The summed E-state index contributed by atoms with van der Waals surface area (Å²) in [5.41, 5.74) is 4.45. The van der Waals surface area contributed by atoms with E-state index in [0.29, 0.717) is 12.1 Å². The molecule has 0 aliphatic carbocycles. The minimum Gasteiger partial charge on any atom is -0.384 e. The average Bonchev–Trinajstić information content (AvgIpc) is 1.96. The predicted octanol–water partition coefficient (Wildman–Crippen LogP) is 1.81. The molecule has 0 fully saturated rings. The van der Waals surface area contributed by atoms with Crippen LogP contribution >= 0.6 is 12.4 Å². The van der Waals surface area contributed by atoms with Gasteiger partial charge in [-0.2, -0.15) is 0 Å². The van der Waals surface area contributed by atoms with E-state index in [1.54, 1.807) is 0 Å². The molecule has 0 aromatic heterocycles. The number of nitrogens with two attached hydrogens (primary N) is 1. The van der Waals surface area contributed by atoms with E-state index in [1.807, 2.05) is 0 Å². The summed E-state index contributed by atoms with van der Waals surface area (Å²) in [6, 6.07) is 0.902. The summed E-state index contributed by atoms with van der Waals surface area (Å²) in [7, 11) is 0. The average molecular weight is 211 g/mol. The lowest BCUT2D eigenvalue weighted by molar-refractivity contribution is 0.494. The molecule has 3 N–H and O–H groups in total. The lowest BCUT2D eigenvalue weighted by Gasteiger charge is -2.00. The molecule has 6 heteroatoms. The molecule has 1 aromatic carbocycles. The SMILES string of the molecule is Cl.N=C(N)c1cc(F)c(F)cc1F. The van der Waals surface area contributed by atoms with E-state index < -0.39 is 28.9 Å². The molecular weight excluding hydrogens is 205 g/mol. The number of halogens is 4. The van der Waals surface area contributed by atoms with Gasteiger partial charge in [-0.25, -0.2) is 13.2 Å². The minimum atomic E-state index is -1.29. The first-order valence-corrected chi connectivity index (χ1v) is 3.01. The summed E-state index contributed by atoms with van der Waals surface area (Å²) in [6.07, 6.45) is 0. The molecule has 0 saturated heterocycles. The third-order valence-electron chi connectivity index (χ3n) is 1.30. The molecule has 0 spiro atoms. The van der Waals surface area contributed by atoms with E-state index in [4.69, 9.17) is 11.1 Å². The molecule has 0 amide bonds. The van der Waals surface area contributed by atoms with E-state index in [1.165, 1.54) is 0 Å². The zero-order valence-corrected chi connectivity index (χ0v) is 7.09. The molecule has 1 rings (SSSR count). The lowest BCUT2D eigenvalue weighted by atomic mass is 10.2. The number of benzene rings is 1. The van der Waals surface area contributed by atoms with Crippen molar-refractivity contribution in [3.63, 3.8) is 0 Å². The maximum atomic E-state index is 12.7. The van der Waals surface area contributed by atoms with Crippen LogP contribution in [0.2, 0.25) is 0 Å². The van der Waals surface area contributed by atoms with Gasteiger partial charge < -0.3 is 5.73 Å². The van der Waals surface area contributed by atoms with Crippen molar-refractivity contribution in [3.8, 4) is 0 Å². The molecule has 72 valence electrons. The van der Waals surface area contributed by atoms with Crippen molar-refractivity contribution in [2.24, 2.45) is 5.73 Å². The standard InChI is InChI=1S/C7H5F3N2.ClH/c8-4-2-6(10)5(9)1-3(4)7(11)12;/h1-2H,(H3,11,12);1H. The Labute approximate surface area is 78.5 Å². The Balaban J connectivity index is 0.00000144. The molecular formula is C7H6ClF3N2. The molecule has 2 nitrogen and oxygen atoms in total. The number of nitrogens with one attached hydrogen (secondary N) is 1. The minimum absolute atomic E-state index is 0. The lowest BCUT2D eigenvalue weighted by Crippen LogP contribution is -2.14. The Hall–Kier alpha value is -1.23. The number of hydrogen-bond donors (Lipinski definition) is 2. The first-order chi connectivity index (χ1) is 5.52. The van der Waals surface area contributed by atoms with Gasteiger partial charge in [-0.15, -0.1) is 12.4 Å². The van der Waals surface area contributed by atoms with Crippen LogP contribution in [0.15, 0.2) is 12.1 Å². The molecule has 0 aliphatic heterocycles. The van der Waals surface area contributed by atoms with Crippen LogP contribution in [-0.4, -0.2) is 5.84 Å². The first kappa shape index (κ1) is 11.8. The molecule has 0 aliphatic rings. The fourth-order valence-electron chi connectivity index (χ4n) is 0.729. The summed E-state index contributed by atoms with van der Waals surface area (Å²) in [5.74, 6) is -4.19. The number of rotatable bonds is 1. The van der Waals surface area contributed by atoms with Crippen molar-refractivity contribution in [2.75, 3.05) is 0 Å². The molecule has 0 heterocycles. The van der Waals surface area contributed by atoms with Crippen LogP contribution in [0.5, 0.6) is 0 Å². The summed E-state index contributed by atoms with van der Waals surface area (Å²) >= 11 is 0. The summed E-state index contributed by atoms with van der Waals surface area (Å²) in [5, 5.41) is 6.79. The molecule has 1 aromatic rings. The molecule has 0 unspecified atom stereocenters. The maximum absolute atomic E-state index is 12.7. The molecule has 0 atom stereocenters. The highest BCUT2D eigenvalue weighted by molar-refractivity contribution is 5.95. The summed E-state index contributed by atoms with van der Waals surface area (Å²) < 4.78 is 37.4. The largest absolute Gasteiger partial charge is 0.384 e. The fourth-order valence-corrected chi connectivity index (χ4v) is 0.729. The van der Waals surface area contributed by atoms with E-state index >= 15 is 0 Å². The Morgan fingerprint density at radius 2 is 1.54 bits per heavy atom. The van der Waals surface area contributed by atoms with Crippen LogP contribution in [0.25, 0.3) is 0 Å². The highest BCUT2D eigenvalue weighted by Crippen LogP contribution is 2.12. The Morgan fingerprint density at radius 3 is 2.00 bits per heavy atom. The number of hydrogen-bond acceptors (Lipinski definition) is 1. The van der Waals surface area contributed by atoms with Gasteiger partial charge in [0.15, 0.2) is 11.6 Å². The van der Waals surface area contributed by atoms with Crippen LogP contribution in [0.3, 0.4) is 0 Å². The maximum Gasteiger partial charge on any atom is 0.161 e. The first-order valence-electron chi connectivity index (χ1n) is 3.01. The van der Waals surface area contributed by atoms with E-state index in [0.717, 1.165) is 0 Å². The van der Waals surface area contributed by atoms with Crippen molar-refractivity contribution >= 4 is 18.2 Å². The molecule has 0 saturated carbocycles. The second-order valence-electron chi connectivity index (χ2n) is 2.16. The monoisotopic (exact) mass is 210 g/mol. The van der Waals surface area contributed by atoms with Crippen molar-refractivity contribution in [3.05, 3.63) is 35.1 Å². The highest BCUT2D eigenvalue weighted by atomic mass is 35.5. The second-order valence-corrected chi connectivity index (χ2v) is 2.16. The number of nitrogen functional groups attached to an aromatic ring is 1. The number of amidine groups is 1. The zero-order chi connectivity index (χ0) is 9.30. The fraction of sp³-hybridized carbons (Fsp3) is 0. The van der Waals surface area contributed by atoms with Gasteiger partial charge in [-0.05, 0) is 6.07 Å². The highest BCUT2D eigenvalue weighted by Gasteiger charge is 2.10. The Morgan fingerprint density at radius 1 is 1.08 bits per heavy atom. The smallest absolute Gasteiger partial charge is 0.161 e. The van der Waals surface area contributed by atoms with Crippen LogP contribution < -0.4 is 5.73 Å². The Kier molecular flexibility index (Phi) is 3.74. The van der Waals surface area contributed by atoms with Crippen molar-refractivity contribution in [1.29, 1.82) is 5.41 Å². The summed E-state index contributed by atoms with van der Waals surface area (Å²) in [4.78, 5) is 0.